The van der Waals surface area contributed by atoms with Gasteiger partial charge in [0.2, 0.25) is 0 Å². The fourth-order valence-electron chi connectivity index (χ4n) is 2.66. The van der Waals surface area contributed by atoms with Crippen LogP contribution in [0.2, 0.25) is 10.0 Å². The fourth-order valence-corrected chi connectivity index (χ4v) is 2.96. The molecule has 1 heterocycles. The van der Waals surface area contributed by atoms with Crippen LogP contribution in [-0.4, -0.2) is 47.3 Å². The average Bonchev–Trinajstić information content (AvgIpc) is 2.98. The normalized spacial score (nSPS) is 12.6. The van der Waals surface area contributed by atoms with Crippen LogP contribution in [0.4, 0.5) is 0 Å². The molecule has 0 saturated heterocycles. The first kappa shape index (κ1) is 19.8. The summed E-state index contributed by atoms with van der Waals surface area (Å²) in [6, 6.07) is 7.00. The van der Waals surface area contributed by atoms with E-state index in [1.807, 2.05) is 14.1 Å². The van der Waals surface area contributed by atoms with E-state index in [-0.39, 0.29) is 11.9 Å². The highest BCUT2D eigenvalue weighted by Gasteiger charge is 2.18. The van der Waals surface area contributed by atoms with Crippen molar-refractivity contribution in [2.75, 3.05) is 20.6 Å². The number of hydrogen-bond acceptors (Lipinski definition) is 3. The molecule has 0 aliphatic rings. The third kappa shape index (κ3) is 5.73. The third-order valence-corrected chi connectivity index (χ3v) is 4.41. The molecule has 0 radical (unpaired) electrons. The van der Waals surface area contributed by atoms with Gasteiger partial charge in [-0.1, -0.05) is 37.0 Å². The fraction of sp³-hybridized carbons (Fsp3) is 0.444. The molecular formula is C18H24Cl2N4O. The van der Waals surface area contributed by atoms with Gasteiger partial charge in [-0.25, -0.2) is 4.68 Å². The van der Waals surface area contributed by atoms with Crippen molar-refractivity contribution in [3.05, 3.63) is 46.2 Å². The van der Waals surface area contributed by atoms with Crippen LogP contribution in [-0.2, 0) is 0 Å². The number of nitrogens with zero attached hydrogens (tertiary/aromatic N) is 3. The van der Waals surface area contributed by atoms with E-state index in [0.29, 0.717) is 21.7 Å². The minimum atomic E-state index is -0.175. The molecular weight excluding hydrogens is 359 g/mol. The van der Waals surface area contributed by atoms with Crippen LogP contribution in [0.15, 0.2) is 30.5 Å². The zero-order valence-electron chi connectivity index (χ0n) is 15.0. The van der Waals surface area contributed by atoms with Gasteiger partial charge in [-0.3, -0.25) is 4.79 Å². The topological polar surface area (TPSA) is 50.2 Å². The Morgan fingerprint density at radius 2 is 1.96 bits per heavy atom. The molecule has 0 saturated carbocycles. The molecule has 7 heteroatoms. The summed E-state index contributed by atoms with van der Waals surface area (Å²) in [6.45, 7) is 5.08. The zero-order chi connectivity index (χ0) is 18.6. The largest absolute Gasteiger partial charge is 0.347 e. The summed E-state index contributed by atoms with van der Waals surface area (Å²) in [6.07, 6.45) is 2.65. The number of benzene rings is 1. The molecule has 1 N–H and O–H groups in total. The van der Waals surface area contributed by atoms with Crippen LogP contribution in [0.1, 0.15) is 30.8 Å². The van der Waals surface area contributed by atoms with Gasteiger partial charge in [-0.05, 0) is 50.7 Å². The summed E-state index contributed by atoms with van der Waals surface area (Å²) in [5.74, 6) is 0.324. The molecule has 0 aliphatic carbocycles. The maximum atomic E-state index is 12.5. The molecule has 1 aromatic heterocycles. The lowest BCUT2D eigenvalue weighted by atomic mass is 10.0. The number of halogens is 2. The monoisotopic (exact) mass is 382 g/mol. The van der Waals surface area contributed by atoms with Crippen molar-refractivity contribution >= 4 is 29.1 Å². The van der Waals surface area contributed by atoms with Crippen molar-refractivity contribution in [2.24, 2.45) is 5.92 Å². The van der Waals surface area contributed by atoms with E-state index in [2.05, 4.69) is 29.2 Å². The van der Waals surface area contributed by atoms with Crippen LogP contribution in [0.25, 0.3) is 5.69 Å². The molecule has 25 heavy (non-hydrogen) atoms. The molecule has 136 valence electrons. The highest BCUT2D eigenvalue weighted by Crippen LogP contribution is 2.24. The maximum absolute atomic E-state index is 12.5. The van der Waals surface area contributed by atoms with Crippen molar-refractivity contribution in [1.82, 2.24) is 20.0 Å². The predicted molar refractivity (Wildman–Crippen MR) is 103 cm³/mol. The molecule has 1 unspecified atom stereocenters. The number of carbonyl (C=O) groups is 1. The van der Waals surface area contributed by atoms with Crippen LogP contribution in [0.5, 0.6) is 0 Å². The quantitative estimate of drug-likeness (QED) is 0.789. The van der Waals surface area contributed by atoms with E-state index < -0.39 is 0 Å². The number of likely N-dealkylation sites (N-methyl/N-ethyl adjacent to an activating group) is 1. The highest BCUT2D eigenvalue weighted by molar-refractivity contribution is 6.42. The summed E-state index contributed by atoms with van der Waals surface area (Å²) in [5.41, 5.74) is 1.12. The smallest absolute Gasteiger partial charge is 0.272 e. The molecule has 1 amide bonds. The second-order valence-electron chi connectivity index (χ2n) is 6.81. The Kier molecular flexibility index (Phi) is 6.87. The van der Waals surface area contributed by atoms with Crippen LogP contribution < -0.4 is 5.32 Å². The summed E-state index contributed by atoms with van der Waals surface area (Å²) in [4.78, 5) is 14.6. The van der Waals surface area contributed by atoms with Crippen molar-refractivity contribution < 1.29 is 4.79 Å². The predicted octanol–water partition coefficient (Wildman–Crippen LogP) is 3.89. The van der Waals surface area contributed by atoms with Gasteiger partial charge in [0.05, 0.1) is 15.7 Å². The molecule has 0 spiro atoms. The molecule has 0 fully saturated rings. The van der Waals surface area contributed by atoms with E-state index in [1.54, 1.807) is 35.1 Å². The van der Waals surface area contributed by atoms with Crippen molar-refractivity contribution in [3.63, 3.8) is 0 Å². The molecule has 5 nitrogen and oxygen atoms in total. The Balaban J connectivity index is 2.11. The molecule has 1 atom stereocenters. The van der Waals surface area contributed by atoms with Gasteiger partial charge in [0.1, 0.15) is 0 Å². The molecule has 2 rings (SSSR count). The lowest BCUT2D eigenvalue weighted by Crippen LogP contribution is -2.42. The number of amides is 1. The maximum Gasteiger partial charge on any atom is 0.272 e. The lowest BCUT2D eigenvalue weighted by molar-refractivity contribution is 0.0919. The second-order valence-corrected chi connectivity index (χ2v) is 7.62. The Morgan fingerprint density at radius 3 is 2.56 bits per heavy atom. The number of aromatic nitrogens is 2. The van der Waals surface area contributed by atoms with E-state index >= 15 is 0 Å². The minimum absolute atomic E-state index is 0.0811. The van der Waals surface area contributed by atoms with Crippen molar-refractivity contribution in [2.45, 2.75) is 26.3 Å². The van der Waals surface area contributed by atoms with Gasteiger partial charge >= 0.3 is 0 Å². The van der Waals surface area contributed by atoms with Gasteiger partial charge in [-0.2, -0.15) is 5.10 Å². The summed E-state index contributed by atoms with van der Waals surface area (Å²) in [7, 11) is 4.00. The Labute approximate surface area is 158 Å². The van der Waals surface area contributed by atoms with E-state index in [1.165, 1.54) is 0 Å². The first-order valence-electron chi connectivity index (χ1n) is 8.23. The van der Waals surface area contributed by atoms with E-state index in [9.17, 15) is 4.79 Å². The average molecular weight is 383 g/mol. The lowest BCUT2D eigenvalue weighted by Gasteiger charge is -2.23. The Bertz CT molecular complexity index is 718. The first-order valence-corrected chi connectivity index (χ1v) is 8.98. The van der Waals surface area contributed by atoms with Crippen LogP contribution in [0.3, 0.4) is 0 Å². The Morgan fingerprint density at radius 1 is 1.24 bits per heavy atom. The van der Waals surface area contributed by atoms with E-state index in [0.717, 1.165) is 18.7 Å². The molecule has 0 aliphatic heterocycles. The van der Waals surface area contributed by atoms with Gasteiger partial charge < -0.3 is 10.2 Å². The van der Waals surface area contributed by atoms with Gasteiger partial charge in [0.15, 0.2) is 5.69 Å². The number of hydrogen-bond donors (Lipinski definition) is 1. The minimum Gasteiger partial charge on any atom is -0.347 e. The number of nitrogens with one attached hydrogen (secondary N) is 1. The summed E-state index contributed by atoms with van der Waals surface area (Å²) < 4.78 is 1.61. The van der Waals surface area contributed by atoms with Gasteiger partial charge in [0.25, 0.3) is 5.91 Å². The van der Waals surface area contributed by atoms with Crippen molar-refractivity contribution in [1.29, 1.82) is 0 Å². The van der Waals surface area contributed by atoms with Crippen LogP contribution in [0, 0.1) is 5.92 Å². The Hall–Kier alpha value is -1.56. The van der Waals surface area contributed by atoms with Gasteiger partial charge in [0, 0.05) is 18.8 Å². The van der Waals surface area contributed by atoms with E-state index in [4.69, 9.17) is 23.2 Å². The summed E-state index contributed by atoms with van der Waals surface area (Å²) in [5, 5.41) is 8.36. The summed E-state index contributed by atoms with van der Waals surface area (Å²) >= 11 is 12.0. The zero-order valence-corrected chi connectivity index (χ0v) is 16.5. The molecule has 2 aromatic rings. The van der Waals surface area contributed by atoms with Gasteiger partial charge in [-0.15, -0.1) is 0 Å². The van der Waals surface area contributed by atoms with Crippen molar-refractivity contribution in [3.8, 4) is 5.69 Å². The molecule has 1 aromatic carbocycles. The highest BCUT2D eigenvalue weighted by atomic mass is 35.5. The third-order valence-electron chi connectivity index (χ3n) is 3.67. The standard InChI is InChI=1S/C18H24Cl2N4O/c1-12(2)9-13(11-23(3)4)21-18(25)17-7-8-24(22-17)14-5-6-15(19)16(20)10-14/h5-8,10,12-13H,9,11H2,1-4H3,(H,21,25). The number of carbonyl (C=O) groups excluding carboxylic acids is 1. The SMILES string of the molecule is CC(C)CC(CN(C)C)NC(=O)c1ccn(-c2ccc(Cl)c(Cl)c2)n1. The van der Waals surface area contributed by atoms with Crippen LogP contribution >= 0.6 is 23.2 Å². The second kappa shape index (κ2) is 8.70. The first-order chi connectivity index (χ1) is 11.8. The number of rotatable bonds is 7. The molecule has 0 bridgehead atoms.